The van der Waals surface area contributed by atoms with Crippen molar-refractivity contribution in [3.05, 3.63) is 36.0 Å². The Labute approximate surface area is 690 Å². The van der Waals surface area contributed by atoms with Crippen molar-refractivity contribution >= 4 is 117 Å². The van der Waals surface area contributed by atoms with Crippen LogP contribution in [0.15, 0.2) is 45.4 Å². The smallest absolute Gasteiger partial charge is 0.243 e. The van der Waals surface area contributed by atoms with Crippen molar-refractivity contribution in [2.45, 2.75) is 256 Å². The van der Waals surface area contributed by atoms with E-state index in [0.717, 1.165) is 10.9 Å². The number of nitrogens with zero attached hydrogens (tertiary/aromatic N) is 3. The molecular weight excluding hydrogens is 1530 g/mol. The summed E-state index contributed by atoms with van der Waals surface area (Å²) < 4.78 is 0. The zero-order valence-corrected chi connectivity index (χ0v) is 70.6. The molecule has 41 heteroatoms. The minimum Gasteiger partial charge on any atom is -0.370 e. The maximum atomic E-state index is 14.9. The fourth-order valence-corrected chi connectivity index (χ4v) is 12.8. The van der Waals surface area contributed by atoms with E-state index in [1.165, 1.54) is 18.7 Å². The number of H-pyrrole nitrogens is 1. The van der Waals surface area contributed by atoms with Gasteiger partial charge in [-0.25, -0.2) is 0 Å². The molecule has 0 saturated heterocycles. The molecule has 2 rings (SSSR count). The molecule has 0 radical (unpaired) electrons. The zero-order valence-electron chi connectivity index (χ0n) is 69.8. The Hall–Kier alpha value is -10.1. The number of aliphatic imine (C=N–C) groups is 3. The summed E-state index contributed by atoms with van der Waals surface area (Å²) in [5.41, 5.74) is 63.9. The minimum absolute atomic E-state index is 0.0137. The van der Waals surface area contributed by atoms with Crippen LogP contribution in [-0.4, -0.2) is 229 Å². The number of carbonyl (C=O) groups excluding carboxylic acids is 13. The van der Waals surface area contributed by atoms with Gasteiger partial charge in [0.25, 0.3) is 0 Å². The highest BCUT2D eigenvalue weighted by atomic mass is 32.2. The van der Waals surface area contributed by atoms with Crippen LogP contribution in [0.25, 0.3) is 10.9 Å². The van der Waals surface area contributed by atoms with Gasteiger partial charge in [-0.2, -0.15) is 11.8 Å². The fourth-order valence-electron chi connectivity index (χ4n) is 12.4. The van der Waals surface area contributed by atoms with Crippen LogP contribution >= 0.6 is 11.8 Å². The van der Waals surface area contributed by atoms with E-state index in [2.05, 4.69) is 83.8 Å². The van der Waals surface area contributed by atoms with E-state index < -0.39 is 173 Å². The van der Waals surface area contributed by atoms with Gasteiger partial charge in [0.05, 0.1) is 6.04 Å². The first-order valence-corrected chi connectivity index (χ1v) is 41.7. The number of rotatable bonds is 59. The van der Waals surface area contributed by atoms with E-state index in [4.69, 9.17) is 63.1 Å². The molecule has 0 aliphatic rings. The molecule has 0 aliphatic carbocycles. The number of amides is 13. The third kappa shape index (κ3) is 39.6. The average molecular weight is 1670 g/mol. The predicted octanol–water partition coefficient (Wildman–Crippen LogP) is -4.32. The van der Waals surface area contributed by atoms with Crippen LogP contribution in [-0.2, 0) is 68.7 Å². The summed E-state index contributed by atoms with van der Waals surface area (Å²) >= 11 is 1.42. The maximum absolute atomic E-state index is 14.9. The van der Waals surface area contributed by atoms with Gasteiger partial charge in [0.15, 0.2) is 17.9 Å². The number of hydrogen-bond donors (Lipinski definition) is 24. The molecule has 2 aromatic rings. The van der Waals surface area contributed by atoms with Crippen molar-refractivity contribution in [1.82, 2.24) is 68.8 Å². The molecule has 0 saturated carbocycles. The molecular formula is C76H137N27O13S. The van der Waals surface area contributed by atoms with E-state index in [0.29, 0.717) is 56.4 Å². The molecule has 117 heavy (non-hydrogen) atoms. The van der Waals surface area contributed by atoms with Crippen LogP contribution in [0.1, 0.15) is 177 Å². The number of fused-ring (bicyclic) bond motifs is 1. The highest BCUT2D eigenvalue weighted by molar-refractivity contribution is 7.98. The van der Waals surface area contributed by atoms with Crippen molar-refractivity contribution in [2.24, 2.45) is 102 Å². The molecule has 1 aromatic heterocycles. The second kappa shape index (κ2) is 55.5. The van der Waals surface area contributed by atoms with Crippen LogP contribution in [0, 0.1) is 23.7 Å². The van der Waals surface area contributed by atoms with Gasteiger partial charge >= 0.3 is 0 Å². The summed E-state index contributed by atoms with van der Waals surface area (Å²) in [4.78, 5) is 201. The number of nitrogens with one attached hydrogen (secondary N) is 13. The standard InChI is InChI=1S/C76H137N27O13S/c1-41(2)38-56(69(112)96-50(25-14-17-32-78)63(106)94-51(26-15-18-33-79)67(110)101-58(42(3)4)72(115)98-55(30-37-117-10)66(109)92-49(61(81)104)24-13-16-31-77)100-73(116)60(44(7)8)102-68(111)54(29-21-36-90-76(86)87)95-64(107)53(28-20-35-89-75(84)85)97-71(114)59(43(5)6)103-70(113)57(39-46-40-91-48-23-12-11-22-47(46)48)99-65(108)52(93-62(105)45(9)80)27-19-34-88-74(82)83/h11-12,22-23,40-45,49-60,91H,13-21,24-39,77-80H2,1-10H3,(H2,81,104)(H,92,109)(H,93,105)(H,94,106)(H,95,107)(H,96,112)(H,97,114)(H,98,115)(H,99,108)(H,100,116)(H,101,110)(H,102,111)(H,103,113)(H4,82,83,88)(H4,84,85,89)(H4,86,87,90)/t45-,49-,50-,51-,52-,53-,54-,55-,56-,57-,58-,59-,60-/m0/s1. The maximum Gasteiger partial charge on any atom is 0.243 e. The topological polar surface area (TPSA) is 705 Å². The third-order valence-corrected chi connectivity index (χ3v) is 19.6. The number of primary amides is 1. The van der Waals surface area contributed by atoms with Crippen LogP contribution in [0.5, 0.6) is 0 Å². The molecule has 0 fully saturated rings. The average Bonchev–Trinajstić information content (AvgIpc) is 1.55. The molecule has 0 spiro atoms. The number of thioether (sulfide) groups is 1. The van der Waals surface area contributed by atoms with Gasteiger partial charge in [-0.15, -0.1) is 0 Å². The van der Waals surface area contributed by atoms with Crippen molar-refractivity contribution < 1.29 is 62.3 Å². The number of aromatic amines is 1. The van der Waals surface area contributed by atoms with E-state index >= 15 is 0 Å². The second-order valence-corrected chi connectivity index (χ2v) is 31.6. The van der Waals surface area contributed by atoms with Gasteiger partial charge in [0, 0.05) is 43.2 Å². The summed E-state index contributed by atoms with van der Waals surface area (Å²) in [7, 11) is 0. The van der Waals surface area contributed by atoms with Crippen molar-refractivity contribution in [2.75, 3.05) is 51.3 Å². The third-order valence-electron chi connectivity index (χ3n) is 19.0. The Bertz CT molecular complexity index is 3580. The number of guanidine groups is 3. The van der Waals surface area contributed by atoms with Gasteiger partial charge in [-0.3, -0.25) is 77.3 Å². The SMILES string of the molecule is CSCC[C@H](NC(=O)[C@@H](NC(=O)[C@H](CCCCN)NC(=O)[C@H](CCCCN)NC(=O)[C@H](CC(C)C)NC(=O)[C@@H](NC(=O)[C@H](CCCN=C(N)N)NC(=O)[C@H](CCCN=C(N)N)NC(=O)[C@@H](NC(=O)[C@H](Cc1c[nH]c2ccccc12)NC(=O)[C@H](CCCN=C(N)N)NC(=O)[C@H](C)N)C(C)C)C(C)C)C(C)C)C(=O)N[C@@H](CCCCN)C(N)=O. The van der Waals surface area contributed by atoms with E-state index in [1.807, 2.05) is 24.5 Å². The molecule has 40 nitrogen and oxygen atoms in total. The largest absolute Gasteiger partial charge is 0.370 e. The normalized spacial score (nSPS) is 14.6. The molecule has 1 aromatic carbocycles. The Kier molecular flexibility index (Phi) is 48.8. The molecule has 0 unspecified atom stereocenters. The first kappa shape index (κ1) is 103. The molecule has 13 atom stereocenters. The molecule has 660 valence electrons. The van der Waals surface area contributed by atoms with Crippen molar-refractivity contribution in [3.63, 3.8) is 0 Å². The van der Waals surface area contributed by atoms with Gasteiger partial charge in [0.1, 0.15) is 72.5 Å². The fraction of sp³-hybridized carbons (Fsp3) is 0.684. The number of carbonyl (C=O) groups is 13. The lowest BCUT2D eigenvalue weighted by atomic mass is 9.98. The highest BCUT2D eigenvalue weighted by Gasteiger charge is 2.39. The first-order chi connectivity index (χ1) is 55.3. The number of para-hydroxylation sites is 1. The summed E-state index contributed by atoms with van der Waals surface area (Å²) in [5.74, 6) is -12.7. The quantitative estimate of drug-likeness (QED) is 0.0169. The lowest BCUT2D eigenvalue weighted by molar-refractivity contribution is -0.137. The Morgan fingerprint density at radius 1 is 0.368 bits per heavy atom. The zero-order chi connectivity index (χ0) is 88.0. The van der Waals surface area contributed by atoms with Crippen LogP contribution in [0.4, 0.5) is 0 Å². The van der Waals surface area contributed by atoms with Gasteiger partial charge in [-0.05, 0) is 183 Å². The van der Waals surface area contributed by atoms with Gasteiger partial charge in [-0.1, -0.05) is 73.6 Å². The van der Waals surface area contributed by atoms with E-state index in [9.17, 15) is 62.3 Å². The predicted molar refractivity (Wildman–Crippen MR) is 453 cm³/mol. The molecule has 13 amide bonds. The second-order valence-electron chi connectivity index (χ2n) is 30.6. The van der Waals surface area contributed by atoms with Gasteiger partial charge < -0.3 is 132 Å². The number of hydrogen-bond acceptors (Lipinski definition) is 21. The van der Waals surface area contributed by atoms with Crippen LogP contribution < -0.4 is 127 Å². The van der Waals surface area contributed by atoms with E-state index in [1.54, 1.807) is 67.7 Å². The Morgan fingerprint density at radius 3 is 1.01 bits per heavy atom. The molecule has 0 aliphatic heterocycles. The molecule has 35 N–H and O–H groups in total. The number of benzene rings is 1. The van der Waals surface area contributed by atoms with Crippen LogP contribution in [0.3, 0.4) is 0 Å². The monoisotopic (exact) mass is 1670 g/mol. The number of aromatic nitrogens is 1. The van der Waals surface area contributed by atoms with Gasteiger partial charge in [0.2, 0.25) is 76.8 Å². The van der Waals surface area contributed by atoms with Crippen molar-refractivity contribution in [1.29, 1.82) is 0 Å². The summed E-state index contributed by atoms with van der Waals surface area (Å²) in [6.45, 7) is 15.8. The van der Waals surface area contributed by atoms with E-state index in [-0.39, 0.29) is 134 Å². The highest BCUT2D eigenvalue weighted by Crippen LogP contribution is 2.21. The van der Waals surface area contributed by atoms with Crippen molar-refractivity contribution in [3.8, 4) is 0 Å². The lowest BCUT2D eigenvalue weighted by Crippen LogP contribution is -2.62. The molecule has 1 heterocycles. The molecule has 0 bridgehead atoms. The summed E-state index contributed by atoms with van der Waals surface area (Å²) in [5, 5.41) is 33.7. The minimum atomic E-state index is -1.47. The Morgan fingerprint density at radius 2 is 0.667 bits per heavy atom. The Balaban J connectivity index is 2.62. The summed E-state index contributed by atoms with van der Waals surface area (Å²) in [6.07, 6.45) is 6.59. The number of unbranched alkanes of at least 4 members (excludes halogenated alkanes) is 3. The van der Waals surface area contributed by atoms with Crippen LogP contribution in [0.2, 0.25) is 0 Å². The summed E-state index contributed by atoms with van der Waals surface area (Å²) in [6, 6.07) is -9.51. The number of nitrogens with two attached hydrogens (primary N) is 11. The first-order valence-electron chi connectivity index (χ1n) is 40.3. The lowest BCUT2D eigenvalue weighted by Gasteiger charge is -2.30.